The lowest BCUT2D eigenvalue weighted by atomic mass is 9.92. The first-order chi connectivity index (χ1) is 14.0. The van der Waals surface area contributed by atoms with Crippen molar-refractivity contribution in [3.05, 3.63) is 29.8 Å². The number of carbonyl (C=O) groups is 1. The molecule has 3 atom stereocenters. The number of benzene rings is 1. The zero-order chi connectivity index (χ0) is 20.1. The number of hydrogen-bond donors (Lipinski definition) is 2. The Morgan fingerprint density at radius 1 is 1.14 bits per heavy atom. The van der Waals surface area contributed by atoms with Crippen molar-refractivity contribution < 1.29 is 18.7 Å². The number of piperidine rings is 1. The smallest absolute Gasteiger partial charge is 0.407 e. The minimum Gasteiger partial charge on any atom is -0.465 e. The van der Waals surface area contributed by atoms with Gasteiger partial charge in [0, 0.05) is 44.0 Å². The monoisotopic (exact) mass is 404 g/mol. The van der Waals surface area contributed by atoms with Crippen molar-refractivity contribution in [1.29, 1.82) is 0 Å². The number of nitrogens with zero attached hydrogens (tertiary/aromatic N) is 5. The molecule has 1 amide bonds. The van der Waals surface area contributed by atoms with E-state index in [2.05, 4.69) is 15.4 Å². The van der Waals surface area contributed by atoms with Gasteiger partial charge in [0.1, 0.15) is 0 Å². The molecular weight excluding hydrogens is 382 g/mol. The number of nitrogens with one attached hydrogen (secondary N) is 1. The largest absolute Gasteiger partial charge is 0.465 e. The minimum absolute atomic E-state index is 0.145. The highest BCUT2D eigenvalue weighted by Crippen LogP contribution is 2.39. The molecule has 3 heterocycles. The van der Waals surface area contributed by atoms with E-state index in [1.54, 1.807) is 4.68 Å². The van der Waals surface area contributed by atoms with E-state index in [0.29, 0.717) is 43.8 Å². The van der Waals surface area contributed by atoms with Crippen molar-refractivity contribution in [2.24, 2.45) is 11.8 Å². The van der Waals surface area contributed by atoms with E-state index in [1.807, 2.05) is 4.90 Å². The van der Waals surface area contributed by atoms with Crippen molar-refractivity contribution in [2.45, 2.75) is 31.8 Å². The maximum atomic E-state index is 13.7. The van der Waals surface area contributed by atoms with Gasteiger partial charge in [0.25, 0.3) is 0 Å². The van der Waals surface area contributed by atoms with Crippen LogP contribution >= 0.6 is 0 Å². The van der Waals surface area contributed by atoms with Crippen LogP contribution in [0.25, 0.3) is 0 Å². The van der Waals surface area contributed by atoms with E-state index in [0.717, 1.165) is 25.3 Å². The summed E-state index contributed by atoms with van der Waals surface area (Å²) in [5.41, 5.74) is 0.540. The van der Waals surface area contributed by atoms with E-state index in [-0.39, 0.29) is 17.9 Å². The van der Waals surface area contributed by atoms with Crippen LogP contribution in [0.2, 0.25) is 0 Å². The van der Waals surface area contributed by atoms with Crippen molar-refractivity contribution in [2.75, 3.05) is 29.9 Å². The number of carboxylic acid groups (broad SMARTS) is 1. The molecule has 1 saturated carbocycles. The molecule has 2 fully saturated rings. The van der Waals surface area contributed by atoms with Crippen LogP contribution in [0.1, 0.15) is 19.3 Å². The molecule has 2 N–H and O–H groups in total. The molecule has 1 saturated heterocycles. The number of hydrogen-bond acceptors (Lipinski definition) is 5. The summed E-state index contributed by atoms with van der Waals surface area (Å²) in [6, 6.07) is 3.98. The number of amides is 1. The van der Waals surface area contributed by atoms with Gasteiger partial charge in [0.2, 0.25) is 11.9 Å². The zero-order valence-corrected chi connectivity index (χ0v) is 15.8. The molecule has 8 nitrogen and oxygen atoms in total. The average Bonchev–Trinajstić information content (AvgIpc) is 3.20. The molecule has 5 rings (SSSR count). The topological polar surface area (TPSA) is 86.5 Å². The van der Waals surface area contributed by atoms with E-state index in [1.165, 1.54) is 17.0 Å². The Kier molecular flexibility index (Phi) is 4.29. The van der Waals surface area contributed by atoms with E-state index < -0.39 is 17.7 Å². The molecular formula is C19H22F2N6O2. The van der Waals surface area contributed by atoms with Gasteiger partial charge in [0.05, 0.1) is 0 Å². The molecule has 2 aromatic rings. The van der Waals surface area contributed by atoms with E-state index in [4.69, 9.17) is 0 Å². The highest BCUT2D eigenvalue weighted by atomic mass is 19.2. The van der Waals surface area contributed by atoms with Crippen LogP contribution in [0.3, 0.4) is 0 Å². The minimum atomic E-state index is -0.890. The molecule has 1 aliphatic carbocycles. The third kappa shape index (κ3) is 3.16. The first kappa shape index (κ1) is 18.1. The van der Waals surface area contributed by atoms with Crippen molar-refractivity contribution in [3.8, 4) is 0 Å². The van der Waals surface area contributed by atoms with Gasteiger partial charge in [-0.1, -0.05) is 0 Å². The zero-order valence-electron chi connectivity index (χ0n) is 15.8. The average molecular weight is 404 g/mol. The van der Waals surface area contributed by atoms with E-state index in [9.17, 15) is 18.7 Å². The predicted molar refractivity (Wildman–Crippen MR) is 101 cm³/mol. The van der Waals surface area contributed by atoms with Crippen molar-refractivity contribution in [3.63, 3.8) is 0 Å². The normalized spacial score (nSPS) is 25.8. The van der Waals surface area contributed by atoms with Crippen LogP contribution in [-0.4, -0.2) is 56.5 Å². The van der Waals surface area contributed by atoms with Crippen LogP contribution in [0.15, 0.2) is 18.2 Å². The molecule has 2 bridgehead atoms. The Hall–Kier alpha value is -2.91. The predicted octanol–water partition coefficient (Wildman–Crippen LogP) is 2.90. The Balaban J connectivity index is 1.37. The third-order valence-corrected chi connectivity index (χ3v) is 6.26. The van der Waals surface area contributed by atoms with Gasteiger partial charge in [-0.3, -0.25) is 0 Å². The standard InChI is InChI=1S/C19H22F2N6O2/c20-14-5-4-13(8-15(14)21)26-6-1-7-27-18(26)23-17(24-27)22-16-11-2-3-12(16)10-25(9-11)19(28)29/h4-5,8,11-12,16H,1-3,6-7,9-10H2,(H,22,24)(H,28,29)/t11-,12+,16-. The van der Waals surface area contributed by atoms with Gasteiger partial charge in [-0.15, -0.1) is 5.10 Å². The third-order valence-electron chi connectivity index (χ3n) is 6.26. The number of aromatic nitrogens is 3. The van der Waals surface area contributed by atoms with Crippen LogP contribution in [0, 0.1) is 23.5 Å². The Morgan fingerprint density at radius 2 is 1.90 bits per heavy atom. The molecule has 2 aliphatic heterocycles. The van der Waals surface area contributed by atoms with Crippen molar-refractivity contribution in [1.82, 2.24) is 19.7 Å². The summed E-state index contributed by atoms with van der Waals surface area (Å²) >= 11 is 0. The lowest BCUT2D eigenvalue weighted by molar-refractivity contribution is 0.112. The van der Waals surface area contributed by atoms with Gasteiger partial charge in [0.15, 0.2) is 11.6 Å². The first-order valence-electron chi connectivity index (χ1n) is 9.91. The Morgan fingerprint density at radius 3 is 2.59 bits per heavy atom. The fourth-order valence-electron chi connectivity index (χ4n) is 4.88. The highest BCUT2D eigenvalue weighted by molar-refractivity contribution is 5.65. The number of rotatable bonds is 3. The molecule has 0 spiro atoms. The fourth-order valence-corrected chi connectivity index (χ4v) is 4.88. The maximum absolute atomic E-state index is 13.7. The molecule has 1 aromatic carbocycles. The van der Waals surface area contributed by atoms with Crippen LogP contribution in [-0.2, 0) is 6.54 Å². The summed E-state index contributed by atoms with van der Waals surface area (Å²) in [4.78, 5) is 19.3. The SMILES string of the molecule is O=C(O)N1C[C@H]2CC[C@@H](C1)[C@@H]2Nc1nc2n(n1)CCCN2c1ccc(F)c(F)c1. The number of halogens is 2. The molecule has 3 aliphatic rings. The molecule has 10 heteroatoms. The Labute approximate surface area is 166 Å². The summed E-state index contributed by atoms with van der Waals surface area (Å²) < 4.78 is 28.8. The first-order valence-corrected chi connectivity index (χ1v) is 9.91. The molecule has 0 radical (unpaired) electrons. The van der Waals surface area contributed by atoms with E-state index >= 15 is 0 Å². The van der Waals surface area contributed by atoms with Gasteiger partial charge < -0.3 is 20.2 Å². The molecule has 29 heavy (non-hydrogen) atoms. The lowest BCUT2D eigenvalue weighted by Gasteiger charge is -2.36. The number of fused-ring (bicyclic) bond motifs is 3. The molecule has 0 unspecified atom stereocenters. The van der Waals surface area contributed by atoms with Crippen LogP contribution in [0.5, 0.6) is 0 Å². The Bertz CT molecular complexity index is 937. The fraction of sp³-hybridized carbons (Fsp3) is 0.526. The summed E-state index contributed by atoms with van der Waals surface area (Å²) in [7, 11) is 0. The number of aryl methyl sites for hydroxylation is 1. The van der Waals surface area contributed by atoms with Gasteiger partial charge in [-0.05, 0) is 43.2 Å². The number of anilines is 3. The summed E-state index contributed by atoms with van der Waals surface area (Å²) in [5, 5.41) is 17.3. The second-order valence-electron chi connectivity index (χ2n) is 8.02. The second-order valence-corrected chi connectivity index (χ2v) is 8.02. The summed E-state index contributed by atoms with van der Waals surface area (Å²) in [5.74, 6) is -0.183. The lowest BCUT2D eigenvalue weighted by Crippen LogP contribution is -2.49. The summed E-state index contributed by atoms with van der Waals surface area (Å²) in [6.07, 6.45) is 1.93. The summed E-state index contributed by atoms with van der Waals surface area (Å²) in [6.45, 7) is 2.40. The second kappa shape index (κ2) is 6.85. The van der Waals surface area contributed by atoms with Crippen LogP contribution < -0.4 is 10.2 Å². The van der Waals surface area contributed by atoms with Crippen LogP contribution in [0.4, 0.5) is 31.2 Å². The van der Waals surface area contributed by atoms with Crippen molar-refractivity contribution >= 4 is 23.7 Å². The number of likely N-dealkylation sites (tertiary alicyclic amines) is 1. The quantitative estimate of drug-likeness (QED) is 0.818. The highest BCUT2D eigenvalue weighted by Gasteiger charge is 2.44. The maximum Gasteiger partial charge on any atom is 0.407 e. The molecule has 1 aromatic heterocycles. The van der Waals surface area contributed by atoms with Gasteiger partial charge >= 0.3 is 6.09 Å². The molecule has 154 valence electrons. The van der Waals surface area contributed by atoms with Gasteiger partial charge in [-0.2, -0.15) is 4.98 Å². The van der Waals surface area contributed by atoms with Gasteiger partial charge in [-0.25, -0.2) is 18.3 Å².